The van der Waals surface area contributed by atoms with Crippen LogP contribution in [0.5, 0.6) is 0 Å². The molecule has 3 amide bonds. The maximum Gasteiger partial charge on any atom is 0.314 e. The van der Waals surface area contributed by atoms with Crippen LogP contribution in [0.25, 0.3) is 11.0 Å². The van der Waals surface area contributed by atoms with Crippen molar-refractivity contribution in [2.24, 2.45) is 0 Å². The normalized spacial score (nSPS) is 10.6. The van der Waals surface area contributed by atoms with Crippen LogP contribution in [0.2, 0.25) is 0 Å². The highest BCUT2D eigenvalue weighted by atomic mass is 19.1. The van der Waals surface area contributed by atoms with E-state index in [-0.39, 0.29) is 25.0 Å². The van der Waals surface area contributed by atoms with Gasteiger partial charge in [-0.05, 0) is 36.4 Å². The number of urea groups is 1. The Morgan fingerprint density at radius 2 is 1.63 bits per heavy atom. The molecule has 0 aliphatic carbocycles. The summed E-state index contributed by atoms with van der Waals surface area (Å²) in [6.07, 6.45) is 0.587. The van der Waals surface area contributed by atoms with Crippen molar-refractivity contribution in [2.45, 2.75) is 6.42 Å². The van der Waals surface area contributed by atoms with Gasteiger partial charge in [0.1, 0.15) is 11.6 Å². The maximum atomic E-state index is 12.8. The van der Waals surface area contributed by atoms with Crippen LogP contribution in [-0.4, -0.2) is 41.5 Å². The molecule has 4 N–H and O–H groups in total. The molecule has 27 heavy (non-hydrogen) atoms. The molecule has 1 heterocycles. The van der Waals surface area contributed by atoms with Gasteiger partial charge in [-0.2, -0.15) is 0 Å². The van der Waals surface area contributed by atoms with E-state index in [9.17, 15) is 14.0 Å². The fourth-order valence-corrected chi connectivity index (χ4v) is 2.54. The molecule has 0 aliphatic rings. The summed E-state index contributed by atoms with van der Waals surface area (Å²) in [6, 6.07) is 12.7. The molecule has 0 unspecified atom stereocenters. The number of amides is 3. The molecule has 0 aliphatic heterocycles. The van der Waals surface area contributed by atoms with Crippen molar-refractivity contribution in [1.29, 1.82) is 0 Å². The number of nitrogens with one attached hydrogen (secondary N) is 4. The first-order valence-corrected chi connectivity index (χ1v) is 8.61. The molecule has 0 bridgehead atoms. The van der Waals surface area contributed by atoms with Crippen LogP contribution in [0.15, 0.2) is 48.5 Å². The third-order valence-electron chi connectivity index (χ3n) is 3.89. The molecule has 0 atom stereocenters. The summed E-state index contributed by atoms with van der Waals surface area (Å²) in [5, 5.41) is 8.04. The summed E-state index contributed by atoms with van der Waals surface area (Å²) in [5.41, 5.74) is 2.23. The summed E-state index contributed by atoms with van der Waals surface area (Å²) in [5.74, 6) is 0.0951. The Bertz CT molecular complexity index is 890. The maximum absolute atomic E-state index is 12.8. The largest absolute Gasteiger partial charge is 0.350 e. The van der Waals surface area contributed by atoms with Gasteiger partial charge in [0.2, 0.25) is 0 Å². The standard InChI is InChI=1S/C19H20FN5O2/c20-14-7-5-13(6-8-14)18(26)21-11-12-23-19(27)22-10-9-17-24-15-3-1-2-4-16(15)25-17/h1-8H,9-12H2,(H,21,26)(H,24,25)(H2,22,23,27). The lowest BCUT2D eigenvalue weighted by atomic mass is 10.2. The molecule has 0 saturated heterocycles. The zero-order valence-corrected chi connectivity index (χ0v) is 14.6. The van der Waals surface area contributed by atoms with Crippen LogP contribution in [0.1, 0.15) is 16.2 Å². The Balaban J connectivity index is 1.31. The highest BCUT2D eigenvalue weighted by Gasteiger charge is 2.06. The van der Waals surface area contributed by atoms with E-state index < -0.39 is 5.82 Å². The quantitative estimate of drug-likeness (QED) is 0.479. The molecule has 2 aromatic carbocycles. The predicted molar refractivity (Wildman–Crippen MR) is 99.9 cm³/mol. The van der Waals surface area contributed by atoms with Gasteiger partial charge in [-0.15, -0.1) is 0 Å². The monoisotopic (exact) mass is 369 g/mol. The Labute approximate surface area is 155 Å². The van der Waals surface area contributed by atoms with Gasteiger partial charge in [0.25, 0.3) is 5.91 Å². The van der Waals surface area contributed by atoms with Gasteiger partial charge in [0.15, 0.2) is 0 Å². The van der Waals surface area contributed by atoms with Crippen LogP contribution in [0.4, 0.5) is 9.18 Å². The van der Waals surface area contributed by atoms with Crippen molar-refractivity contribution < 1.29 is 14.0 Å². The van der Waals surface area contributed by atoms with Gasteiger partial charge >= 0.3 is 6.03 Å². The number of hydrogen-bond acceptors (Lipinski definition) is 3. The van der Waals surface area contributed by atoms with Gasteiger partial charge in [-0.1, -0.05) is 12.1 Å². The van der Waals surface area contributed by atoms with Gasteiger partial charge in [0, 0.05) is 31.6 Å². The Morgan fingerprint density at radius 3 is 2.41 bits per heavy atom. The Morgan fingerprint density at radius 1 is 0.926 bits per heavy atom. The predicted octanol–water partition coefficient (Wildman–Crippen LogP) is 1.97. The van der Waals surface area contributed by atoms with Gasteiger partial charge in [-0.25, -0.2) is 14.2 Å². The number of carbonyl (C=O) groups excluding carboxylic acids is 2. The first-order chi connectivity index (χ1) is 13.1. The second-order valence-corrected chi connectivity index (χ2v) is 5.90. The smallest absolute Gasteiger partial charge is 0.314 e. The lowest BCUT2D eigenvalue weighted by molar-refractivity contribution is 0.0954. The summed E-state index contributed by atoms with van der Waals surface area (Å²) >= 11 is 0. The van der Waals surface area contributed by atoms with Gasteiger partial charge in [-0.3, -0.25) is 4.79 Å². The number of para-hydroxylation sites is 2. The molecular formula is C19H20FN5O2. The molecule has 0 fully saturated rings. The molecule has 0 saturated carbocycles. The van der Waals surface area contributed by atoms with E-state index in [0.717, 1.165) is 16.9 Å². The van der Waals surface area contributed by atoms with E-state index >= 15 is 0 Å². The minimum absolute atomic E-state index is 0.271. The fraction of sp³-hybridized carbons (Fsp3) is 0.211. The third-order valence-corrected chi connectivity index (χ3v) is 3.89. The number of aromatic nitrogens is 2. The SMILES string of the molecule is O=C(NCCNC(=O)c1ccc(F)cc1)NCCc1nc2ccccc2[nH]1. The summed E-state index contributed by atoms with van der Waals surface area (Å²) in [7, 11) is 0. The molecule has 1 aromatic heterocycles. The first-order valence-electron chi connectivity index (χ1n) is 8.61. The zero-order chi connectivity index (χ0) is 19.1. The number of imidazole rings is 1. The van der Waals surface area contributed by atoms with Crippen LogP contribution in [0.3, 0.4) is 0 Å². The van der Waals surface area contributed by atoms with Crippen molar-refractivity contribution in [3.05, 3.63) is 65.7 Å². The number of halogens is 1. The molecule has 0 radical (unpaired) electrons. The van der Waals surface area contributed by atoms with E-state index in [4.69, 9.17) is 0 Å². The summed E-state index contributed by atoms with van der Waals surface area (Å²) in [4.78, 5) is 31.2. The van der Waals surface area contributed by atoms with Gasteiger partial charge < -0.3 is 20.9 Å². The van der Waals surface area contributed by atoms with E-state index in [1.165, 1.54) is 24.3 Å². The van der Waals surface area contributed by atoms with E-state index in [1.807, 2.05) is 24.3 Å². The highest BCUT2D eigenvalue weighted by molar-refractivity contribution is 5.94. The van der Waals surface area contributed by atoms with Crippen LogP contribution in [-0.2, 0) is 6.42 Å². The lowest BCUT2D eigenvalue weighted by Crippen LogP contribution is -2.41. The Hall–Kier alpha value is -3.42. The molecule has 8 heteroatoms. The molecule has 140 valence electrons. The minimum atomic E-state index is -0.396. The number of nitrogens with zero attached hydrogens (tertiary/aromatic N) is 1. The molecule has 0 spiro atoms. The lowest BCUT2D eigenvalue weighted by Gasteiger charge is -2.08. The average Bonchev–Trinajstić information content (AvgIpc) is 3.08. The van der Waals surface area contributed by atoms with Crippen molar-refractivity contribution in [1.82, 2.24) is 25.9 Å². The van der Waals surface area contributed by atoms with Crippen molar-refractivity contribution in [3.8, 4) is 0 Å². The van der Waals surface area contributed by atoms with Crippen LogP contribution < -0.4 is 16.0 Å². The fourth-order valence-electron chi connectivity index (χ4n) is 2.54. The topological polar surface area (TPSA) is 98.9 Å². The average molecular weight is 369 g/mol. The van der Waals surface area contributed by atoms with E-state index in [1.54, 1.807) is 0 Å². The van der Waals surface area contributed by atoms with E-state index in [2.05, 4.69) is 25.9 Å². The van der Waals surface area contributed by atoms with Crippen molar-refractivity contribution in [2.75, 3.05) is 19.6 Å². The second-order valence-electron chi connectivity index (χ2n) is 5.90. The number of hydrogen-bond donors (Lipinski definition) is 4. The number of rotatable bonds is 7. The number of carbonyl (C=O) groups is 2. The minimum Gasteiger partial charge on any atom is -0.350 e. The van der Waals surface area contributed by atoms with Gasteiger partial charge in [0.05, 0.1) is 11.0 Å². The number of fused-ring (bicyclic) bond motifs is 1. The third kappa shape index (κ3) is 5.27. The molecule has 3 aromatic rings. The second kappa shape index (κ2) is 8.79. The molecule has 7 nitrogen and oxygen atoms in total. The first kappa shape index (κ1) is 18.4. The number of aromatic amines is 1. The highest BCUT2D eigenvalue weighted by Crippen LogP contribution is 2.10. The van der Waals surface area contributed by atoms with Crippen LogP contribution >= 0.6 is 0 Å². The zero-order valence-electron chi connectivity index (χ0n) is 14.6. The van der Waals surface area contributed by atoms with Crippen molar-refractivity contribution >= 4 is 23.0 Å². The molecule has 3 rings (SSSR count). The van der Waals surface area contributed by atoms with Crippen LogP contribution in [0, 0.1) is 5.82 Å². The van der Waals surface area contributed by atoms with E-state index in [0.29, 0.717) is 18.5 Å². The number of H-pyrrole nitrogens is 1. The van der Waals surface area contributed by atoms with Crippen molar-refractivity contribution in [3.63, 3.8) is 0 Å². The molecular weight excluding hydrogens is 349 g/mol. The number of benzene rings is 2. The Kier molecular flexibility index (Phi) is 5.98. The summed E-state index contributed by atoms with van der Waals surface area (Å²) in [6.45, 7) is 0.990. The summed E-state index contributed by atoms with van der Waals surface area (Å²) < 4.78 is 12.8.